The van der Waals surface area contributed by atoms with Crippen molar-refractivity contribution in [3.63, 3.8) is 0 Å². The van der Waals surface area contributed by atoms with E-state index in [0.717, 1.165) is 14.7 Å². The second-order valence-corrected chi connectivity index (χ2v) is 13.0. The number of methoxy groups -OCH3 is 1. The van der Waals surface area contributed by atoms with Crippen molar-refractivity contribution in [1.82, 2.24) is 4.57 Å². The van der Waals surface area contributed by atoms with Crippen LogP contribution >= 0.6 is 57.1 Å². The van der Waals surface area contributed by atoms with Crippen molar-refractivity contribution in [3.05, 3.63) is 116 Å². The van der Waals surface area contributed by atoms with Gasteiger partial charge in [-0.25, -0.2) is 9.79 Å². The number of halogens is 3. The molecule has 2 heterocycles. The Bertz CT molecular complexity index is 1970. The SMILES string of the molecule is CCOC(=O)C1=C(C)N=c2s/c(=C\c3cc(I)cc(OC)c3OCc3ccc(Cl)cc3Cl)c(=O)n2[C@@H]1c1ccc(OCC)cc1. The normalized spacial score (nSPS) is 14.6. The van der Waals surface area contributed by atoms with Gasteiger partial charge in [-0.3, -0.25) is 9.36 Å². The fourth-order valence-corrected chi connectivity index (χ4v) is 7.07. The molecule has 12 heteroatoms. The Morgan fingerprint density at radius 2 is 1.82 bits per heavy atom. The quantitative estimate of drug-likeness (QED) is 0.132. The maximum atomic E-state index is 14.2. The number of carbonyl (C=O) groups is 1. The summed E-state index contributed by atoms with van der Waals surface area (Å²) >= 11 is 15.9. The van der Waals surface area contributed by atoms with Crippen molar-refractivity contribution in [2.45, 2.75) is 33.4 Å². The van der Waals surface area contributed by atoms with Crippen LogP contribution in [0, 0.1) is 3.57 Å². The van der Waals surface area contributed by atoms with E-state index in [1.165, 1.54) is 11.3 Å². The molecule has 0 spiro atoms. The largest absolute Gasteiger partial charge is 0.494 e. The van der Waals surface area contributed by atoms with E-state index in [-0.39, 0.29) is 18.8 Å². The summed E-state index contributed by atoms with van der Waals surface area (Å²) < 4.78 is 25.8. The molecule has 234 valence electrons. The van der Waals surface area contributed by atoms with E-state index in [2.05, 4.69) is 27.6 Å². The maximum absolute atomic E-state index is 14.2. The van der Waals surface area contributed by atoms with E-state index in [9.17, 15) is 9.59 Å². The lowest BCUT2D eigenvalue weighted by atomic mass is 9.96. The Kier molecular flexibility index (Phi) is 10.6. The van der Waals surface area contributed by atoms with Crippen LogP contribution in [-0.4, -0.2) is 30.9 Å². The fraction of sp³-hybridized carbons (Fsp3) is 0.242. The van der Waals surface area contributed by atoms with Crippen LogP contribution in [0.3, 0.4) is 0 Å². The third kappa shape index (κ3) is 7.09. The van der Waals surface area contributed by atoms with E-state index in [1.54, 1.807) is 49.8 Å². The molecule has 0 N–H and O–H groups in total. The molecular formula is C33H29Cl2IN2O6S. The summed E-state index contributed by atoms with van der Waals surface area (Å²) in [5, 5.41) is 1.00. The van der Waals surface area contributed by atoms with E-state index < -0.39 is 12.0 Å². The molecule has 8 nitrogen and oxygen atoms in total. The number of allylic oxidation sites excluding steroid dienone is 1. The number of hydrogen-bond acceptors (Lipinski definition) is 8. The number of nitrogens with zero attached hydrogens (tertiary/aromatic N) is 2. The van der Waals surface area contributed by atoms with E-state index in [0.29, 0.717) is 60.1 Å². The van der Waals surface area contributed by atoms with Crippen molar-refractivity contribution in [2.24, 2.45) is 4.99 Å². The minimum atomic E-state index is -0.744. The molecule has 0 saturated carbocycles. The van der Waals surface area contributed by atoms with Crippen molar-refractivity contribution in [1.29, 1.82) is 0 Å². The maximum Gasteiger partial charge on any atom is 0.338 e. The van der Waals surface area contributed by atoms with Gasteiger partial charge < -0.3 is 18.9 Å². The Morgan fingerprint density at radius 1 is 1.07 bits per heavy atom. The van der Waals surface area contributed by atoms with Crippen LogP contribution in [0.2, 0.25) is 10.0 Å². The summed E-state index contributed by atoms with van der Waals surface area (Å²) in [4.78, 5) is 32.6. The third-order valence-corrected chi connectivity index (χ3v) is 9.16. The van der Waals surface area contributed by atoms with Crippen LogP contribution in [0.1, 0.15) is 43.5 Å². The number of ether oxygens (including phenoxy) is 4. The van der Waals surface area contributed by atoms with Gasteiger partial charge in [0.05, 0.1) is 42.2 Å². The Labute approximate surface area is 287 Å². The highest BCUT2D eigenvalue weighted by Crippen LogP contribution is 2.36. The van der Waals surface area contributed by atoms with Crippen LogP contribution < -0.4 is 29.1 Å². The first-order valence-electron chi connectivity index (χ1n) is 14.0. The zero-order valence-corrected chi connectivity index (χ0v) is 29.3. The standard InChI is InChI=1S/C33H29Cl2IN2O6S/c1-5-42-24-11-8-19(9-12-24)29-28(32(40)43-6-2)18(3)37-33-38(29)31(39)27(45-33)14-21-13-23(36)16-26(41-4)30(21)44-17-20-7-10-22(34)15-25(20)35/h7-16,29H,5-6,17H2,1-4H3/b27-14-/t29-/m1/s1. The van der Waals surface area contributed by atoms with Crippen LogP contribution in [0.4, 0.5) is 0 Å². The molecule has 0 aliphatic carbocycles. The zero-order chi connectivity index (χ0) is 32.2. The van der Waals surface area contributed by atoms with Gasteiger partial charge >= 0.3 is 5.97 Å². The van der Waals surface area contributed by atoms with Crippen LogP contribution in [0.5, 0.6) is 17.2 Å². The second kappa shape index (κ2) is 14.4. The molecule has 3 aromatic carbocycles. The predicted molar refractivity (Wildman–Crippen MR) is 185 cm³/mol. The highest BCUT2D eigenvalue weighted by Gasteiger charge is 2.33. The average Bonchev–Trinajstić information content (AvgIpc) is 3.30. The summed E-state index contributed by atoms with van der Waals surface area (Å²) in [6.07, 6.45) is 1.76. The predicted octanol–water partition coefficient (Wildman–Crippen LogP) is 6.70. The van der Waals surface area contributed by atoms with Crippen molar-refractivity contribution in [2.75, 3.05) is 20.3 Å². The number of fused-ring (bicyclic) bond motifs is 1. The summed E-state index contributed by atoms with van der Waals surface area (Å²) in [7, 11) is 1.56. The molecule has 0 amide bonds. The molecule has 4 aromatic rings. The van der Waals surface area contributed by atoms with Gasteiger partial charge in [-0.05, 0) is 91.4 Å². The smallest absolute Gasteiger partial charge is 0.338 e. The van der Waals surface area contributed by atoms with E-state index in [1.807, 2.05) is 43.3 Å². The van der Waals surface area contributed by atoms with Crippen molar-refractivity contribution < 1.29 is 23.7 Å². The molecule has 0 saturated heterocycles. The van der Waals surface area contributed by atoms with Gasteiger partial charge in [0.15, 0.2) is 16.3 Å². The first-order chi connectivity index (χ1) is 21.6. The van der Waals surface area contributed by atoms with E-state index in [4.69, 9.17) is 42.1 Å². The monoisotopic (exact) mass is 778 g/mol. The molecule has 1 aliphatic heterocycles. The van der Waals surface area contributed by atoms with Crippen LogP contribution in [0.15, 0.2) is 75.7 Å². The average molecular weight is 779 g/mol. The molecule has 45 heavy (non-hydrogen) atoms. The van der Waals surface area contributed by atoms with Crippen LogP contribution in [0.25, 0.3) is 6.08 Å². The summed E-state index contributed by atoms with van der Waals surface area (Å²) in [5.41, 5.74) is 2.58. The molecule has 1 aliphatic rings. The van der Waals surface area contributed by atoms with Gasteiger partial charge in [0.1, 0.15) is 12.4 Å². The summed E-state index contributed by atoms with van der Waals surface area (Å²) in [6.45, 7) is 6.25. The van der Waals surface area contributed by atoms with Crippen LogP contribution in [-0.2, 0) is 16.1 Å². The number of hydrogen-bond donors (Lipinski definition) is 0. The molecular weight excluding hydrogens is 750 g/mol. The first-order valence-corrected chi connectivity index (χ1v) is 16.7. The third-order valence-electron chi connectivity index (χ3n) is 6.97. The first kappa shape index (κ1) is 33.1. The molecule has 1 aromatic heterocycles. The number of benzene rings is 3. The summed E-state index contributed by atoms with van der Waals surface area (Å²) in [6, 6.07) is 15.5. The lowest BCUT2D eigenvalue weighted by molar-refractivity contribution is -0.139. The lowest BCUT2D eigenvalue weighted by Gasteiger charge is -2.24. The highest BCUT2D eigenvalue weighted by atomic mass is 127. The molecule has 0 unspecified atom stereocenters. The second-order valence-electron chi connectivity index (χ2n) is 9.86. The van der Waals surface area contributed by atoms with E-state index >= 15 is 0 Å². The van der Waals surface area contributed by atoms with Gasteiger partial charge in [-0.2, -0.15) is 0 Å². The number of aromatic nitrogens is 1. The molecule has 0 radical (unpaired) electrons. The minimum absolute atomic E-state index is 0.148. The number of rotatable bonds is 10. The molecule has 0 bridgehead atoms. The number of carbonyl (C=O) groups excluding carboxylic acids is 1. The molecule has 5 rings (SSSR count). The molecule has 1 atom stereocenters. The Balaban J connectivity index is 1.65. The molecule has 0 fully saturated rings. The lowest BCUT2D eigenvalue weighted by Crippen LogP contribution is -2.39. The van der Waals surface area contributed by atoms with Gasteiger partial charge in [-0.1, -0.05) is 52.7 Å². The highest BCUT2D eigenvalue weighted by molar-refractivity contribution is 14.1. The van der Waals surface area contributed by atoms with Crippen molar-refractivity contribution >= 4 is 69.2 Å². The van der Waals surface area contributed by atoms with Gasteiger partial charge in [-0.15, -0.1) is 0 Å². The topological polar surface area (TPSA) is 88.4 Å². The number of esters is 1. The summed E-state index contributed by atoms with van der Waals surface area (Å²) in [5.74, 6) is 1.11. The Morgan fingerprint density at radius 3 is 2.49 bits per heavy atom. The van der Waals surface area contributed by atoms with Gasteiger partial charge in [0.25, 0.3) is 5.56 Å². The zero-order valence-electron chi connectivity index (χ0n) is 24.9. The Hall–Kier alpha value is -3.32. The fourth-order valence-electron chi connectivity index (χ4n) is 4.95. The van der Waals surface area contributed by atoms with Gasteiger partial charge in [0, 0.05) is 24.7 Å². The number of thiazole rings is 1. The minimum Gasteiger partial charge on any atom is -0.494 e. The van der Waals surface area contributed by atoms with Crippen molar-refractivity contribution in [3.8, 4) is 17.2 Å². The van der Waals surface area contributed by atoms with Gasteiger partial charge in [0.2, 0.25) is 0 Å².